The maximum atomic E-state index is 10.9. The van der Waals surface area contributed by atoms with Crippen LogP contribution in [0.5, 0.6) is 0 Å². The average molecular weight is 369 g/mol. The Labute approximate surface area is 143 Å². The van der Waals surface area contributed by atoms with Gasteiger partial charge in [0.25, 0.3) is 5.16 Å². The Morgan fingerprint density at radius 3 is 2.70 bits per heavy atom. The van der Waals surface area contributed by atoms with Crippen LogP contribution >= 0.6 is 34.7 Å². The molecule has 0 fully saturated rings. The molecule has 0 bridgehead atoms. The number of hydrogen-bond acceptors (Lipinski definition) is 8. The molecule has 1 aromatic carbocycles. The van der Waals surface area contributed by atoms with Gasteiger partial charge in [-0.2, -0.15) is 4.68 Å². The molecule has 0 aliphatic carbocycles. The maximum Gasteiger partial charge on any atom is 0.492 e. The summed E-state index contributed by atoms with van der Waals surface area (Å²) in [7, 11) is 0. The summed E-state index contributed by atoms with van der Waals surface area (Å²) in [6.45, 7) is 2.18. The molecule has 0 N–H and O–H groups in total. The van der Waals surface area contributed by atoms with Crippen molar-refractivity contribution in [2.75, 3.05) is 0 Å². The second kappa shape index (κ2) is 6.60. The third-order valence-corrected chi connectivity index (χ3v) is 4.85. The second-order valence-corrected chi connectivity index (χ2v) is 7.26. The number of aryl methyl sites for hydroxylation is 1. The highest BCUT2D eigenvalue weighted by Crippen LogP contribution is 2.30. The lowest BCUT2D eigenvalue weighted by atomic mass is 10.2. The molecule has 2 aromatic heterocycles. The van der Waals surface area contributed by atoms with Crippen LogP contribution in [-0.4, -0.2) is 29.9 Å². The van der Waals surface area contributed by atoms with E-state index in [0.29, 0.717) is 21.1 Å². The molecule has 0 atom stereocenters. The maximum absolute atomic E-state index is 10.9. The SMILES string of the molecule is Cc1nnc(Sc2nc([N+](=O)[O-])nn2Cc2ccc(Cl)cc2)s1. The first-order valence-electron chi connectivity index (χ1n) is 6.33. The van der Waals surface area contributed by atoms with E-state index < -0.39 is 10.9 Å². The van der Waals surface area contributed by atoms with E-state index >= 15 is 0 Å². The van der Waals surface area contributed by atoms with Crippen LogP contribution in [0.4, 0.5) is 5.95 Å². The highest BCUT2D eigenvalue weighted by Gasteiger charge is 2.23. The van der Waals surface area contributed by atoms with E-state index in [1.165, 1.54) is 27.8 Å². The first-order valence-corrected chi connectivity index (χ1v) is 8.34. The van der Waals surface area contributed by atoms with E-state index in [9.17, 15) is 10.1 Å². The van der Waals surface area contributed by atoms with Gasteiger partial charge in [-0.1, -0.05) is 35.1 Å². The number of nitrogens with zero attached hydrogens (tertiary/aromatic N) is 6. The lowest BCUT2D eigenvalue weighted by Crippen LogP contribution is -2.03. The zero-order valence-corrected chi connectivity index (χ0v) is 14.1. The van der Waals surface area contributed by atoms with E-state index in [-0.39, 0.29) is 0 Å². The minimum Gasteiger partial charge on any atom is -0.390 e. The summed E-state index contributed by atoms with van der Waals surface area (Å²) in [6, 6.07) is 7.17. The van der Waals surface area contributed by atoms with Crippen molar-refractivity contribution in [3.8, 4) is 0 Å². The fraction of sp³-hybridized carbons (Fsp3) is 0.167. The van der Waals surface area contributed by atoms with Crippen LogP contribution < -0.4 is 0 Å². The van der Waals surface area contributed by atoms with Crippen molar-refractivity contribution in [3.63, 3.8) is 0 Å². The predicted molar refractivity (Wildman–Crippen MR) is 86.0 cm³/mol. The Balaban J connectivity index is 1.90. The van der Waals surface area contributed by atoms with E-state index in [1.807, 2.05) is 19.1 Å². The van der Waals surface area contributed by atoms with Crippen molar-refractivity contribution in [1.82, 2.24) is 25.0 Å². The summed E-state index contributed by atoms with van der Waals surface area (Å²) >= 11 is 8.45. The van der Waals surface area contributed by atoms with Gasteiger partial charge in [0.1, 0.15) is 5.01 Å². The van der Waals surface area contributed by atoms with Crippen LogP contribution in [-0.2, 0) is 6.54 Å². The Hall–Kier alpha value is -2.04. The Kier molecular flexibility index (Phi) is 4.55. The van der Waals surface area contributed by atoms with Crippen LogP contribution in [0.3, 0.4) is 0 Å². The summed E-state index contributed by atoms with van der Waals surface area (Å²) in [5, 5.41) is 24.6. The smallest absolute Gasteiger partial charge is 0.390 e. The molecule has 3 aromatic rings. The summed E-state index contributed by atoms with van der Waals surface area (Å²) in [5.74, 6) is -0.442. The monoisotopic (exact) mass is 368 g/mol. The molecule has 0 amide bonds. The zero-order chi connectivity index (χ0) is 16.4. The van der Waals surface area contributed by atoms with Crippen molar-refractivity contribution in [2.24, 2.45) is 0 Å². The van der Waals surface area contributed by atoms with Crippen LogP contribution in [0.1, 0.15) is 10.6 Å². The molecular weight excluding hydrogens is 360 g/mol. The quantitative estimate of drug-likeness (QED) is 0.503. The van der Waals surface area contributed by atoms with E-state index in [4.69, 9.17) is 11.6 Å². The van der Waals surface area contributed by atoms with Gasteiger partial charge in [-0.25, -0.2) is 0 Å². The van der Waals surface area contributed by atoms with Gasteiger partial charge in [-0.05, 0) is 34.5 Å². The summed E-state index contributed by atoms with van der Waals surface area (Å²) < 4.78 is 2.13. The van der Waals surface area contributed by atoms with Gasteiger partial charge >= 0.3 is 5.95 Å². The van der Waals surface area contributed by atoms with Gasteiger partial charge in [0.2, 0.25) is 0 Å². The number of benzene rings is 1. The predicted octanol–water partition coefficient (Wildman–Crippen LogP) is 3.20. The standard InChI is InChI=1S/C12H9ClN6O2S2/c1-7-15-16-12(22-7)23-11-14-10(19(20)21)17-18(11)6-8-2-4-9(13)5-3-8/h2-5H,6H2,1H3. The molecule has 0 unspecified atom stereocenters. The first-order chi connectivity index (χ1) is 11.0. The number of aromatic nitrogens is 5. The molecule has 0 radical (unpaired) electrons. The molecule has 0 aliphatic heterocycles. The Morgan fingerprint density at radius 1 is 1.35 bits per heavy atom. The highest BCUT2D eigenvalue weighted by atomic mass is 35.5. The molecule has 0 aliphatic rings. The highest BCUT2D eigenvalue weighted by molar-refractivity contribution is 8.00. The van der Waals surface area contributed by atoms with Crippen molar-refractivity contribution in [3.05, 3.63) is 50.0 Å². The molecule has 0 spiro atoms. The third kappa shape index (κ3) is 3.84. The van der Waals surface area contributed by atoms with Gasteiger partial charge in [-0.3, -0.25) is 0 Å². The van der Waals surface area contributed by atoms with Gasteiger partial charge in [0.15, 0.2) is 4.34 Å². The largest absolute Gasteiger partial charge is 0.492 e. The van der Waals surface area contributed by atoms with Crippen LogP contribution in [0.25, 0.3) is 0 Å². The van der Waals surface area contributed by atoms with Crippen LogP contribution in [0, 0.1) is 17.0 Å². The minimum absolute atomic E-state index is 0.345. The Morgan fingerprint density at radius 2 is 2.09 bits per heavy atom. The van der Waals surface area contributed by atoms with Gasteiger partial charge in [0.05, 0.1) is 6.54 Å². The lowest BCUT2D eigenvalue weighted by molar-refractivity contribution is -0.394. The molecular formula is C12H9ClN6O2S2. The normalized spacial score (nSPS) is 10.9. The number of rotatable bonds is 5. The van der Waals surface area contributed by atoms with Crippen molar-refractivity contribution in [1.29, 1.82) is 0 Å². The molecule has 0 saturated carbocycles. The van der Waals surface area contributed by atoms with Gasteiger partial charge < -0.3 is 10.1 Å². The molecule has 23 heavy (non-hydrogen) atoms. The molecule has 0 saturated heterocycles. The second-order valence-electron chi connectivity index (χ2n) is 4.42. The fourth-order valence-electron chi connectivity index (χ4n) is 1.73. The van der Waals surface area contributed by atoms with E-state index in [1.54, 1.807) is 12.1 Å². The summed E-state index contributed by atoms with van der Waals surface area (Å²) in [5.41, 5.74) is 0.907. The average Bonchev–Trinajstić information content (AvgIpc) is 3.09. The van der Waals surface area contributed by atoms with Crippen molar-refractivity contribution < 1.29 is 4.92 Å². The van der Waals surface area contributed by atoms with E-state index in [2.05, 4.69) is 20.3 Å². The zero-order valence-electron chi connectivity index (χ0n) is 11.7. The van der Waals surface area contributed by atoms with Crippen LogP contribution in [0.15, 0.2) is 33.8 Å². The number of nitro groups is 1. The molecule has 3 rings (SSSR count). The minimum atomic E-state index is -0.617. The van der Waals surface area contributed by atoms with Gasteiger partial charge in [0, 0.05) is 21.9 Å². The van der Waals surface area contributed by atoms with Crippen molar-refractivity contribution >= 4 is 40.6 Å². The van der Waals surface area contributed by atoms with Crippen molar-refractivity contribution in [2.45, 2.75) is 23.0 Å². The third-order valence-electron chi connectivity index (χ3n) is 2.72. The van der Waals surface area contributed by atoms with Crippen LogP contribution in [0.2, 0.25) is 5.02 Å². The Bertz CT molecular complexity index is 848. The number of hydrogen-bond donors (Lipinski definition) is 0. The number of halogens is 1. The van der Waals surface area contributed by atoms with E-state index in [0.717, 1.165) is 10.6 Å². The lowest BCUT2D eigenvalue weighted by Gasteiger charge is -2.00. The summed E-state index contributed by atoms with van der Waals surface area (Å²) in [4.78, 5) is 14.3. The molecule has 2 heterocycles. The molecule has 11 heteroatoms. The summed E-state index contributed by atoms with van der Waals surface area (Å²) in [6.07, 6.45) is 0. The topological polar surface area (TPSA) is 99.6 Å². The first kappa shape index (κ1) is 15.8. The van der Waals surface area contributed by atoms with Gasteiger partial charge in [-0.15, -0.1) is 10.2 Å². The fourth-order valence-corrected chi connectivity index (χ4v) is 3.60. The molecule has 8 nitrogen and oxygen atoms in total. The molecule has 118 valence electrons.